The summed E-state index contributed by atoms with van der Waals surface area (Å²) in [7, 11) is 1.21. The highest BCUT2D eigenvalue weighted by Gasteiger charge is 2.31. The second kappa shape index (κ2) is 6.40. The van der Waals surface area contributed by atoms with Crippen LogP contribution >= 0.6 is 0 Å². The van der Waals surface area contributed by atoms with Gasteiger partial charge in [-0.3, -0.25) is 0 Å². The molecule has 106 valence electrons. The predicted octanol–water partition coefficient (Wildman–Crippen LogP) is 2.65. The molecule has 0 amide bonds. The third-order valence-corrected chi connectivity index (χ3v) is 2.35. The number of halogens is 3. The van der Waals surface area contributed by atoms with Crippen LogP contribution in [0.25, 0.3) is 0 Å². The van der Waals surface area contributed by atoms with E-state index in [0.717, 1.165) is 4.90 Å². The molecule has 0 saturated carbocycles. The van der Waals surface area contributed by atoms with Crippen molar-refractivity contribution in [1.29, 1.82) is 0 Å². The zero-order valence-corrected chi connectivity index (χ0v) is 10.7. The first kappa shape index (κ1) is 15.3. The number of ether oxygens (including phenoxy) is 1. The summed E-state index contributed by atoms with van der Waals surface area (Å²) in [4.78, 5) is 16.3. The third kappa shape index (κ3) is 4.76. The Morgan fingerprint density at radius 3 is 2.68 bits per heavy atom. The number of aromatic nitrogens is 1. The Bertz CT molecular complexity index is 435. The number of anilines is 1. The number of pyridine rings is 1. The van der Waals surface area contributed by atoms with Gasteiger partial charge in [0.1, 0.15) is 12.4 Å². The van der Waals surface area contributed by atoms with Crippen molar-refractivity contribution in [2.24, 2.45) is 0 Å². The molecule has 0 unspecified atom stereocenters. The molecule has 0 fully saturated rings. The maximum absolute atomic E-state index is 12.5. The lowest BCUT2D eigenvalue weighted by molar-refractivity contribution is -0.119. The highest BCUT2D eigenvalue weighted by molar-refractivity contribution is 5.90. The molecular weight excluding hydrogens is 261 g/mol. The average molecular weight is 276 g/mol. The van der Waals surface area contributed by atoms with E-state index in [1.54, 1.807) is 6.92 Å². The number of carbonyl (C=O) groups excluding carboxylic acids is 1. The number of alkyl halides is 3. The Labute approximate surface area is 109 Å². The molecule has 1 aromatic rings. The number of hydrogen-bond acceptors (Lipinski definition) is 4. The van der Waals surface area contributed by atoms with Crippen molar-refractivity contribution in [3.8, 4) is 0 Å². The van der Waals surface area contributed by atoms with E-state index in [4.69, 9.17) is 0 Å². The van der Waals surface area contributed by atoms with Gasteiger partial charge in [0, 0.05) is 12.7 Å². The second-order valence-corrected chi connectivity index (χ2v) is 3.93. The smallest absolute Gasteiger partial charge is 0.405 e. The quantitative estimate of drug-likeness (QED) is 0.775. The van der Waals surface area contributed by atoms with Gasteiger partial charge in [-0.2, -0.15) is 13.2 Å². The zero-order chi connectivity index (χ0) is 14.5. The Morgan fingerprint density at radius 2 is 2.16 bits per heavy atom. The standard InChI is InChI=1S/C12H15F3N2O2/c1-3-6-17(8-12(13,14)15)10-7-9(4-5-16-10)11(18)19-2/h4-5,7H,3,6,8H2,1-2H3. The minimum Gasteiger partial charge on any atom is -0.465 e. The number of rotatable bonds is 5. The summed E-state index contributed by atoms with van der Waals surface area (Å²) in [5.74, 6) is -0.491. The van der Waals surface area contributed by atoms with Crippen LogP contribution in [0, 0.1) is 0 Å². The van der Waals surface area contributed by atoms with Crippen molar-refractivity contribution in [3.63, 3.8) is 0 Å². The molecule has 0 aromatic carbocycles. The third-order valence-electron chi connectivity index (χ3n) is 2.35. The van der Waals surface area contributed by atoms with E-state index in [1.165, 1.54) is 25.4 Å². The molecule has 1 aromatic heterocycles. The maximum Gasteiger partial charge on any atom is 0.405 e. The molecule has 0 aliphatic carbocycles. The first-order valence-corrected chi connectivity index (χ1v) is 5.73. The van der Waals surface area contributed by atoms with Gasteiger partial charge in [0.05, 0.1) is 12.7 Å². The van der Waals surface area contributed by atoms with Gasteiger partial charge in [0.25, 0.3) is 0 Å². The fraction of sp³-hybridized carbons (Fsp3) is 0.500. The molecule has 0 spiro atoms. The van der Waals surface area contributed by atoms with Crippen LogP contribution in [0.1, 0.15) is 23.7 Å². The number of carbonyl (C=O) groups is 1. The highest BCUT2D eigenvalue weighted by atomic mass is 19.4. The van der Waals surface area contributed by atoms with Gasteiger partial charge in [-0.25, -0.2) is 9.78 Å². The fourth-order valence-electron chi connectivity index (χ4n) is 1.60. The average Bonchev–Trinajstić information content (AvgIpc) is 2.36. The molecule has 0 bridgehead atoms. The topological polar surface area (TPSA) is 42.4 Å². The molecule has 0 atom stereocenters. The van der Waals surface area contributed by atoms with Gasteiger partial charge in [0.15, 0.2) is 0 Å². The van der Waals surface area contributed by atoms with Crippen molar-refractivity contribution >= 4 is 11.8 Å². The van der Waals surface area contributed by atoms with E-state index in [-0.39, 0.29) is 17.9 Å². The van der Waals surface area contributed by atoms with Crippen LogP contribution in [-0.2, 0) is 4.74 Å². The van der Waals surface area contributed by atoms with E-state index in [0.29, 0.717) is 6.42 Å². The fourth-order valence-corrected chi connectivity index (χ4v) is 1.60. The van der Waals surface area contributed by atoms with Crippen LogP contribution in [0.15, 0.2) is 18.3 Å². The normalized spacial score (nSPS) is 11.2. The summed E-state index contributed by atoms with van der Waals surface area (Å²) >= 11 is 0. The molecule has 0 saturated heterocycles. The minimum atomic E-state index is -4.32. The Balaban J connectivity index is 2.99. The molecule has 7 heteroatoms. The molecule has 0 aliphatic rings. The van der Waals surface area contributed by atoms with Gasteiger partial charge in [-0.15, -0.1) is 0 Å². The number of methoxy groups -OCH3 is 1. The summed E-state index contributed by atoms with van der Waals surface area (Å²) in [6, 6.07) is 2.69. The van der Waals surface area contributed by atoms with Crippen molar-refractivity contribution in [2.75, 3.05) is 25.1 Å². The van der Waals surface area contributed by atoms with Crippen LogP contribution in [0.4, 0.5) is 19.0 Å². The summed E-state index contributed by atoms with van der Waals surface area (Å²) in [6.07, 6.45) is -2.49. The van der Waals surface area contributed by atoms with Gasteiger partial charge in [0.2, 0.25) is 0 Å². The second-order valence-electron chi connectivity index (χ2n) is 3.93. The summed E-state index contributed by atoms with van der Waals surface area (Å²) in [6.45, 7) is 0.878. The number of hydrogen-bond donors (Lipinski definition) is 0. The summed E-state index contributed by atoms with van der Waals surface area (Å²) in [5, 5.41) is 0. The van der Waals surface area contributed by atoms with Crippen LogP contribution < -0.4 is 4.90 Å². The van der Waals surface area contributed by atoms with Crippen molar-refractivity contribution < 1.29 is 22.7 Å². The van der Waals surface area contributed by atoms with Crippen LogP contribution in [0.5, 0.6) is 0 Å². The van der Waals surface area contributed by atoms with Crippen molar-refractivity contribution in [2.45, 2.75) is 19.5 Å². The molecule has 0 radical (unpaired) electrons. The number of esters is 1. The molecule has 0 N–H and O–H groups in total. The lowest BCUT2D eigenvalue weighted by Crippen LogP contribution is -2.35. The van der Waals surface area contributed by atoms with E-state index in [1.807, 2.05) is 0 Å². The summed E-state index contributed by atoms with van der Waals surface area (Å²) < 4.78 is 42.0. The highest BCUT2D eigenvalue weighted by Crippen LogP contribution is 2.21. The lowest BCUT2D eigenvalue weighted by Gasteiger charge is -2.24. The van der Waals surface area contributed by atoms with Crippen molar-refractivity contribution in [1.82, 2.24) is 4.98 Å². The van der Waals surface area contributed by atoms with Gasteiger partial charge in [-0.05, 0) is 18.6 Å². The summed E-state index contributed by atoms with van der Waals surface area (Å²) in [5.41, 5.74) is 0.177. The van der Waals surface area contributed by atoms with Crippen molar-refractivity contribution in [3.05, 3.63) is 23.9 Å². The van der Waals surface area contributed by atoms with Gasteiger partial charge < -0.3 is 9.64 Å². The number of nitrogens with zero attached hydrogens (tertiary/aromatic N) is 2. The molecule has 4 nitrogen and oxygen atoms in total. The SMILES string of the molecule is CCCN(CC(F)(F)F)c1cc(C(=O)OC)ccn1. The Kier molecular flexibility index (Phi) is 5.14. The molecule has 0 aliphatic heterocycles. The Hall–Kier alpha value is -1.79. The largest absolute Gasteiger partial charge is 0.465 e. The maximum atomic E-state index is 12.5. The minimum absolute atomic E-state index is 0.113. The van der Waals surface area contributed by atoms with E-state index in [2.05, 4.69) is 9.72 Å². The molecule has 1 rings (SSSR count). The first-order chi connectivity index (χ1) is 8.87. The lowest BCUT2D eigenvalue weighted by atomic mass is 10.2. The van der Waals surface area contributed by atoms with Crippen LogP contribution in [0.2, 0.25) is 0 Å². The monoisotopic (exact) mass is 276 g/mol. The molecule has 19 heavy (non-hydrogen) atoms. The van der Waals surface area contributed by atoms with Gasteiger partial charge >= 0.3 is 12.1 Å². The van der Waals surface area contributed by atoms with Gasteiger partial charge in [-0.1, -0.05) is 6.92 Å². The molecular formula is C12H15F3N2O2. The predicted molar refractivity (Wildman–Crippen MR) is 64.1 cm³/mol. The van der Waals surface area contributed by atoms with Crippen LogP contribution in [0.3, 0.4) is 0 Å². The zero-order valence-electron chi connectivity index (χ0n) is 10.7. The Morgan fingerprint density at radius 1 is 1.47 bits per heavy atom. The van der Waals surface area contributed by atoms with E-state index >= 15 is 0 Å². The van der Waals surface area contributed by atoms with E-state index in [9.17, 15) is 18.0 Å². The first-order valence-electron chi connectivity index (χ1n) is 5.73. The van der Waals surface area contributed by atoms with E-state index < -0.39 is 18.7 Å². The molecule has 1 heterocycles. The van der Waals surface area contributed by atoms with Crippen LogP contribution in [-0.4, -0.2) is 37.3 Å².